The quantitative estimate of drug-likeness (QED) is 0.832. The average Bonchev–Trinajstić information content (AvgIpc) is 2.46. The summed E-state index contributed by atoms with van der Waals surface area (Å²) in [6.07, 6.45) is 3.28. The number of nitrogens with two attached hydrogens (primary N) is 1. The number of phenols is 1. The molecule has 1 aromatic carbocycles. The molecular formula is C14H17FN2O2S2. The van der Waals surface area contributed by atoms with Gasteiger partial charge in [0.25, 0.3) is 5.91 Å². The van der Waals surface area contributed by atoms with Crippen LogP contribution in [0.25, 0.3) is 0 Å². The topological polar surface area (TPSA) is 66.6 Å². The molecule has 114 valence electrons. The van der Waals surface area contributed by atoms with Crippen LogP contribution in [-0.2, 0) is 0 Å². The summed E-state index contributed by atoms with van der Waals surface area (Å²) in [5, 5.41) is 9.20. The summed E-state index contributed by atoms with van der Waals surface area (Å²) in [5.74, 6) is -1.28. The van der Waals surface area contributed by atoms with Gasteiger partial charge in [-0.2, -0.15) is 11.8 Å². The van der Waals surface area contributed by atoms with Gasteiger partial charge in [-0.15, -0.1) is 0 Å². The van der Waals surface area contributed by atoms with Crippen LogP contribution in [0.15, 0.2) is 18.2 Å². The average molecular weight is 328 g/mol. The number of hydrogen-bond acceptors (Lipinski definition) is 4. The molecule has 1 amide bonds. The Bertz CT molecular complexity index is 572. The molecule has 21 heavy (non-hydrogen) atoms. The van der Waals surface area contributed by atoms with Crippen molar-refractivity contribution in [2.45, 2.75) is 17.6 Å². The lowest BCUT2D eigenvalue weighted by Gasteiger charge is -2.40. The highest BCUT2D eigenvalue weighted by molar-refractivity contribution is 8.02. The van der Waals surface area contributed by atoms with E-state index in [-0.39, 0.29) is 22.0 Å². The van der Waals surface area contributed by atoms with E-state index in [0.717, 1.165) is 6.07 Å². The van der Waals surface area contributed by atoms with Gasteiger partial charge in [0.15, 0.2) is 0 Å². The molecule has 7 heteroatoms. The Morgan fingerprint density at radius 3 is 2.57 bits per heavy atom. The third-order valence-electron chi connectivity index (χ3n) is 3.88. The van der Waals surface area contributed by atoms with Gasteiger partial charge in [-0.1, -0.05) is 12.2 Å². The molecule has 0 saturated carbocycles. The van der Waals surface area contributed by atoms with Crippen molar-refractivity contribution >= 4 is 34.9 Å². The fraction of sp³-hybridized carbons (Fsp3) is 0.429. The summed E-state index contributed by atoms with van der Waals surface area (Å²) in [4.78, 5) is 14.4. The molecule has 1 aromatic rings. The van der Waals surface area contributed by atoms with Gasteiger partial charge in [-0.25, -0.2) is 4.39 Å². The predicted octanol–water partition coefficient (Wildman–Crippen LogP) is 2.16. The van der Waals surface area contributed by atoms with Crippen molar-refractivity contribution in [3.8, 4) is 5.75 Å². The van der Waals surface area contributed by atoms with E-state index >= 15 is 0 Å². The van der Waals surface area contributed by atoms with E-state index in [1.807, 2.05) is 6.26 Å². The van der Waals surface area contributed by atoms with Crippen LogP contribution < -0.4 is 5.73 Å². The normalized spacial score (nSPS) is 17.5. The number of aromatic hydroxyl groups is 1. The van der Waals surface area contributed by atoms with E-state index in [1.54, 1.807) is 16.7 Å². The van der Waals surface area contributed by atoms with Crippen molar-refractivity contribution in [1.29, 1.82) is 0 Å². The molecule has 0 radical (unpaired) electrons. The maximum absolute atomic E-state index is 13.7. The smallest absolute Gasteiger partial charge is 0.256 e. The zero-order valence-corrected chi connectivity index (χ0v) is 13.3. The molecule has 2 rings (SSSR count). The lowest BCUT2D eigenvalue weighted by Crippen LogP contribution is -2.50. The first-order valence-corrected chi connectivity index (χ1v) is 8.16. The zero-order chi connectivity index (χ0) is 15.6. The van der Waals surface area contributed by atoms with Crippen molar-refractivity contribution in [2.24, 2.45) is 5.73 Å². The Morgan fingerprint density at radius 2 is 2.10 bits per heavy atom. The van der Waals surface area contributed by atoms with E-state index < -0.39 is 5.82 Å². The first kappa shape index (κ1) is 16.0. The van der Waals surface area contributed by atoms with Crippen molar-refractivity contribution in [3.05, 3.63) is 29.6 Å². The van der Waals surface area contributed by atoms with E-state index in [2.05, 4.69) is 0 Å². The Kier molecular flexibility index (Phi) is 4.73. The standard InChI is InChI=1S/C14H17FN2O2S2/c1-21-14(13(16)20)4-6-17(7-5-14)12(19)10-3-2-9(18)8-11(10)15/h2-3,8,18H,4-7H2,1H3,(H2,16,20). The van der Waals surface area contributed by atoms with Gasteiger partial charge in [0.2, 0.25) is 0 Å². The number of carbonyl (C=O) groups excluding carboxylic acids is 1. The number of piperidine rings is 1. The van der Waals surface area contributed by atoms with Crippen LogP contribution in [-0.4, -0.2) is 45.0 Å². The second kappa shape index (κ2) is 6.19. The second-order valence-electron chi connectivity index (χ2n) is 5.02. The maximum Gasteiger partial charge on any atom is 0.256 e. The lowest BCUT2D eigenvalue weighted by molar-refractivity contribution is 0.0714. The summed E-state index contributed by atoms with van der Waals surface area (Å²) in [6.45, 7) is 0.967. The van der Waals surface area contributed by atoms with Gasteiger partial charge in [0.05, 0.1) is 15.3 Å². The fourth-order valence-corrected chi connectivity index (χ4v) is 3.72. The van der Waals surface area contributed by atoms with E-state index in [0.29, 0.717) is 30.9 Å². The highest BCUT2D eigenvalue weighted by atomic mass is 32.2. The highest BCUT2D eigenvalue weighted by Gasteiger charge is 2.38. The van der Waals surface area contributed by atoms with Crippen LogP contribution in [0.2, 0.25) is 0 Å². The summed E-state index contributed by atoms with van der Waals surface area (Å²) >= 11 is 6.73. The van der Waals surface area contributed by atoms with Crippen LogP contribution in [0.3, 0.4) is 0 Å². The van der Waals surface area contributed by atoms with Gasteiger partial charge in [-0.3, -0.25) is 4.79 Å². The number of phenolic OH excluding ortho intramolecular Hbond substituents is 1. The molecule has 0 aromatic heterocycles. The first-order chi connectivity index (χ1) is 9.89. The monoisotopic (exact) mass is 328 g/mol. The molecule has 3 N–H and O–H groups in total. The largest absolute Gasteiger partial charge is 0.508 e. The molecule has 1 heterocycles. The molecule has 1 aliphatic heterocycles. The zero-order valence-electron chi connectivity index (χ0n) is 11.6. The van der Waals surface area contributed by atoms with Gasteiger partial charge < -0.3 is 15.7 Å². The minimum atomic E-state index is -0.712. The van der Waals surface area contributed by atoms with Gasteiger partial charge >= 0.3 is 0 Å². The fourth-order valence-electron chi connectivity index (χ4n) is 2.47. The molecule has 1 saturated heterocycles. The van der Waals surface area contributed by atoms with E-state index in [4.69, 9.17) is 18.0 Å². The van der Waals surface area contributed by atoms with E-state index in [1.165, 1.54) is 12.1 Å². The third-order valence-corrected chi connectivity index (χ3v) is 5.81. The number of carbonyl (C=O) groups is 1. The minimum Gasteiger partial charge on any atom is -0.508 e. The Hall–Kier alpha value is -1.34. The molecule has 0 bridgehead atoms. The number of thioether (sulfide) groups is 1. The van der Waals surface area contributed by atoms with Gasteiger partial charge in [0.1, 0.15) is 11.6 Å². The number of amides is 1. The minimum absolute atomic E-state index is 0.0280. The molecule has 0 atom stereocenters. The molecule has 0 aliphatic carbocycles. The Morgan fingerprint density at radius 1 is 1.48 bits per heavy atom. The maximum atomic E-state index is 13.7. The Balaban J connectivity index is 2.12. The van der Waals surface area contributed by atoms with Crippen molar-refractivity contribution in [1.82, 2.24) is 4.90 Å². The van der Waals surface area contributed by atoms with Crippen LogP contribution in [0.5, 0.6) is 5.75 Å². The number of thiocarbonyl (C=S) groups is 1. The molecule has 0 spiro atoms. The third kappa shape index (κ3) is 3.13. The van der Waals surface area contributed by atoms with Crippen LogP contribution in [0.4, 0.5) is 4.39 Å². The van der Waals surface area contributed by atoms with Gasteiger partial charge in [-0.05, 0) is 31.2 Å². The first-order valence-electron chi connectivity index (χ1n) is 6.52. The van der Waals surface area contributed by atoms with Crippen molar-refractivity contribution in [2.75, 3.05) is 19.3 Å². The molecular weight excluding hydrogens is 311 g/mol. The van der Waals surface area contributed by atoms with Crippen molar-refractivity contribution < 1.29 is 14.3 Å². The number of benzene rings is 1. The molecule has 4 nitrogen and oxygen atoms in total. The Labute approximate surface area is 132 Å². The van der Waals surface area contributed by atoms with Crippen molar-refractivity contribution in [3.63, 3.8) is 0 Å². The summed E-state index contributed by atoms with van der Waals surface area (Å²) in [5.41, 5.74) is 5.78. The lowest BCUT2D eigenvalue weighted by atomic mass is 9.95. The van der Waals surface area contributed by atoms with E-state index in [9.17, 15) is 14.3 Å². The molecule has 1 aliphatic rings. The van der Waals surface area contributed by atoms with Gasteiger partial charge in [0, 0.05) is 19.2 Å². The highest BCUT2D eigenvalue weighted by Crippen LogP contribution is 2.35. The van der Waals surface area contributed by atoms with Crippen LogP contribution in [0.1, 0.15) is 23.2 Å². The second-order valence-corrected chi connectivity index (χ2v) is 6.65. The summed E-state index contributed by atoms with van der Waals surface area (Å²) in [6, 6.07) is 3.55. The summed E-state index contributed by atoms with van der Waals surface area (Å²) < 4.78 is 13.5. The predicted molar refractivity (Wildman–Crippen MR) is 86.2 cm³/mol. The van der Waals surface area contributed by atoms with Crippen LogP contribution >= 0.6 is 24.0 Å². The number of likely N-dealkylation sites (tertiary alicyclic amines) is 1. The number of halogens is 1. The molecule has 1 fully saturated rings. The number of rotatable bonds is 3. The number of hydrogen-bond donors (Lipinski definition) is 2. The van der Waals surface area contributed by atoms with Crippen LogP contribution in [0, 0.1) is 5.82 Å². The number of nitrogens with zero attached hydrogens (tertiary/aromatic N) is 1. The molecule has 0 unspecified atom stereocenters. The summed E-state index contributed by atoms with van der Waals surface area (Å²) in [7, 11) is 0. The SMILES string of the molecule is CSC1(C(N)=S)CCN(C(=O)c2ccc(O)cc2F)CC1.